The zero-order chi connectivity index (χ0) is 20.8. The van der Waals surface area contributed by atoms with Gasteiger partial charge in [0.15, 0.2) is 17.3 Å². The fourth-order valence-electron chi connectivity index (χ4n) is 4.22. The largest absolute Gasteiger partial charge is 0.355 e. The van der Waals surface area contributed by atoms with Crippen molar-refractivity contribution >= 4 is 27.9 Å². The number of rotatable bonds is 3. The molecule has 0 aromatic carbocycles. The number of fused-ring (bicyclic) bond motifs is 2. The Labute approximate surface area is 176 Å². The van der Waals surface area contributed by atoms with Gasteiger partial charge in [0.1, 0.15) is 17.0 Å². The summed E-state index contributed by atoms with van der Waals surface area (Å²) in [4.78, 5) is 23.4. The molecule has 1 saturated heterocycles. The van der Waals surface area contributed by atoms with E-state index in [0.717, 1.165) is 42.8 Å². The smallest absolute Gasteiger partial charge is 0.160 e. The van der Waals surface area contributed by atoms with Crippen molar-refractivity contribution in [2.24, 2.45) is 0 Å². The molecule has 1 aliphatic rings. The normalized spacial score (nSPS) is 14.5. The summed E-state index contributed by atoms with van der Waals surface area (Å²) in [5.41, 5.74) is 3.41. The molecule has 5 aromatic heterocycles. The Morgan fingerprint density at radius 2 is 1.90 bits per heavy atom. The van der Waals surface area contributed by atoms with Gasteiger partial charge in [0.05, 0.1) is 10.9 Å². The Balaban J connectivity index is 1.51. The minimum atomic E-state index is -0.406. The van der Waals surface area contributed by atoms with Crippen LogP contribution in [0.4, 0.5) is 10.2 Å². The summed E-state index contributed by atoms with van der Waals surface area (Å²) in [5.74, 6) is 0.933. The van der Waals surface area contributed by atoms with Gasteiger partial charge in [-0.1, -0.05) is 6.07 Å². The van der Waals surface area contributed by atoms with Gasteiger partial charge in [-0.05, 0) is 31.4 Å². The summed E-state index contributed by atoms with van der Waals surface area (Å²) in [6.45, 7) is 1.93. The first-order valence-corrected chi connectivity index (χ1v) is 10.3. The SMILES string of the molecule is Fc1c(-c2cccnc2)cnc2[nH]nc(-c3nc4c(N5CCCCC5)nccc4[nH]3)c12. The van der Waals surface area contributed by atoms with E-state index in [9.17, 15) is 0 Å². The first-order valence-electron chi connectivity index (χ1n) is 10.3. The molecule has 1 fully saturated rings. The van der Waals surface area contributed by atoms with Crippen LogP contribution in [0, 0.1) is 5.82 Å². The van der Waals surface area contributed by atoms with Crippen LogP contribution in [0.2, 0.25) is 0 Å². The lowest BCUT2D eigenvalue weighted by Gasteiger charge is -2.27. The maximum atomic E-state index is 15.6. The maximum Gasteiger partial charge on any atom is 0.160 e. The molecule has 0 bridgehead atoms. The number of anilines is 1. The predicted octanol–water partition coefficient (Wildman–Crippen LogP) is 4.09. The highest BCUT2D eigenvalue weighted by Crippen LogP contribution is 2.33. The van der Waals surface area contributed by atoms with Gasteiger partial charge in [0, 0.05) is 49.0 Å². The number of hydrogen-bond donors (Lipinski definition) is 2. The molecule has 9 heteroatoms. The number of piperidine rings is 1. The summed E-state index contributed by atoms with van der Waals surface area (Å²) in [5, 5.41) is 7.45. The van der Waals surface area contributed by atoms with E-state index < -0.39 is 5.82 Å². The monoisotopic (exact) mass is 414 g/mol. The average molecular weight is 414 g/mol. The van der Waals surface area contributed by atoms with Gasteiger partial charge in [0.2, 0.25) is 0 Å². The molecule has 154 valence electrons. The van der Waals surface area contributed by atoms with E-state index in [4.69, 9.17) is 4.98 Å². The molecule has 0 unspecified atom stereocenters. The molecule has 0 saturated carbocycles. The molecular weight excluding hydrogens is 395 g/mol. The Morgan fingerprint density at radius 1 is 1.00 bits per heavy atom. The first-order chi connectivity index (χ1) is 15.3. The molecule has 1 aliphatic heterocycles. The number of pyridine rings is 3. The molecule has 31 heavy (non-hydrogen) atoms. The first kappa shape index (κ1) is 17.9. The van der Waals surface area contributed by atoms with Gasteiger partial charge in [-0.15, -0.1) is 0 Å². The van der Waals surface area contributed by atoms with Gasteiger partial charge in [0.25, 0.3) is 0 Å². The van der Waals surface area contributed by atoms with Crippen molar-refractivity contribution in [3.05, 3.63) is 48.8 Å². The third-order valence-corrected chi connectivity index (χ3v) is 5.76. The lowest BCUT2D eigenvalue weighted by Crippen LogP contribution is -2.30. The van der Waals surface area contributed by atoms with Crippen molar-refractivity contribution in [1.82, 2.24) is 35.1 Å². The van der Waals surface area contributed by atoms with E-state index in [2.05, 4.69) is 35.0 Å². The Kier molecular flexibility index (Phi) is 4.12. The van der Waals surface area contributed by atoms with E-state index in [0.29, 0.717) is 33.7 Å². The summed E-state index contributed by atoms with van der Waals surface area (Å²) < 4.78 is 15.6. The zero-order valence-corrected chi connectivity index (χ0v) is 16.6. The van der Waals surface area contributed by atoms with Crippen LogP contribution in [0.15, 0.2) is 43.0 Å². The zero-order valence-electron chi connectivity index (χ0n) is 16.6. The third-order valence-electron chi connectivity index (χ3n) is 5.76. The number of imidazole rings is 1. The lowest BCUT2D eigenvalue weighted by atomic mass is 10.1. The number of nitrogens with one attached hydrogen (secondary N) is 2. The summed E-state index contributed by atoms with van der Waals surface area (Å²) in [6, 6.07) is 5.45. The van der Waals surface area contributed by atoms with Crippen LogP contribution in [0.3, 0.4) is 0 Å². The van der Waals surface area contributed by atoms with Crippen molar-refractivity contribution in [2.45, 2.75) is 19.3 Å². The number of aromatic nitrogens is 7. The van der Waals surface area contributed by atoms with Gasteiger partial charge >= 0.3 is 0 Å². The Hall–Kier alpha value is -3.88. The molecule has 0 aliphatic carbocycles. The second-order valence-electron chi connectivity index (χ2n) is 7.69. The minimum Gasteiger partial charge on any atom is -0.355 e. The highest BCUT2D eigenvalue weighted by Gasteiger charge is 2.22. The molecule has 0 radical (unpaired) electrons. The van der Waals surface area contributed by atoms with Crippen LogP contribution in [0.5, 0.6) is 0 Å². The minimum absolute atomic E-state index is 0.299. The van der Waals surface area contributed by atoms with Gasteiger partial charge in [-0.2, -0.15) is 5.10 Å². The highest BCUT2D eigenvalue weighted by atomic mass is 19.1. The third kappa shape index (κ3) is 2.92. The summed E-state index contributed by atoms with van der Waals surface area (Å²) >= 11 is 0. The summed E-state index contributed by atoms with van der Waals surface area (Å²) in [7, 11) is 0. The van der Waals surface area contributed by atoms with Crippen molar-refractivity contribution in [3.63, 3.8) is 0 Å². The second kappa shape index (κ2) is 7.12. The molecule has 0 amide bonds. The van der Waals surface area contributed by atoms with Crippen LogP contribution < -0.4 is 4.90 Å². The number of nitrogens with zero attached hydrogens (tertiary/aromatic N) is 6. The molecule has 6 heterocycles. The van der Waals surface area contributed by atoms with Crippen molar-refractivity contribution in [2.75, 3.05) is 18.0 Å². The molecule has 0 spiro atoms. The van der Waals surface area contributed by atoms with Crippen LogP contribution >= 0.6 is 0 Å². The van der Waals surface area contributed by atoms with Crippen molar-refractivity contribution in [1.29, 1.82) is 0 Å². The van der Waals surface area contributed by atoms with Crippen LogP contribution in [-0.4, -0.2) is 48.2 Å². The second-order valence-corrected chi connectivity index (χ2v) is 7.69. The molecule has 8 nitrogen and oxygen atoms in total. The van der Waals surface area contributed by atoms with E-state index in [1.54, 1.807) is 30.7 Å². The number of H-pyrrole nitrogens is 2. The fourth-order valence-corrected chi connectivity index (χ4v) is 4.22. The van der Waals surface area contributed by atoms with Crippen LogP contribution in [0.1, 0.15) is 19.3 Å². The van der Waals surface area contributed by atoms with Gasteiger partial charge < -0.3 is 9.88 Å². The van der Waals surface area contributed by atoms with Crippen molar-refractivity contribution in [3.8, 4) is 22.6 Å². The van der Waals surface area contributed by atoms with E-state index >= 15 is 4.39 Å². The van der Waals surface area contributed by atoms with E-state index in [1.807, 2.05) is 6.07 Å². The Bertz CT molecular complexity index is 1390. The summed E-state index contributed by atoms with van der Waals surface area (Å²) in [6.07, 6.45) is 10.1. The topological polar surface area (TPSA) is 99.3 Å². The average Bonchev–Trinajstić information content (AvgIpc) is 3.45. The standard InChI is InChI=1S/C22H19FN8/c23-17-14(13-5-4-7-24-11-13)12-26-20-16(17)19(29-30-20)21-27-15-6-8-25-22(18(15)28-21)31-9-2-1-3-10-31/h4-8,11-12H,1-3,9-10H2,(H,27,28)(H,26,29,30). The van der Waals surface area contributed by atoms with Crippen LogP contribution in [-0.2, 0) is 0 Å². The predicted molar refractivity (Wildman–Crippen MR) is 116 cm³/mol. The number of halogens is 1. The molecule has 5 aromatic rings. The van der Waals surface area contributed by atoms with Crippen molar-refractivity contribution < 1.29 is 4.39 Å². The molecule has 2 N–H and O–H groups in total. The van der Waals surface area contributed by atoms with Gasteiger partial charge in [-0.3, -0.25) is 10.1 Å². The van der Waals surface area contributed by atoms with E-state index in [-0.39, 0.29) is 0 Å². The quantitative estimate of drug-likeness (QED) is 0.461. The van der Waals surface area contributed by atoms with E-state index in [1.165, 1.54) is 12.6 Å². The molecule has 6 rings (SSSR count). The Morgan fingerprint density at radius 3 is 2.74 bits per heavy atom. The highest BCUT2D eigenvalue weighted by molar-refractivity contribution is 5.95. The maximum absolute atomic E-state index is 15.6. The van der Waals surface area contributed by atoms with Gasteiger partial charge in [-0.25, -0.2) is 19.3 Å². The fraction of sp³-hybridized carbons (Fsp3) is 0.227. The lowest BCUT2D eigenvalue weighted by molar-refractivity contribution is 0.574. The number of hydrogen-bond acceptors (Lipinski definition) is 6. The van der Waals surface area contributed by atoms with Crippen LogP contribution in [0.25, 0.3) is 44.7 Å². The number of aromatic amines is 2. The molecular formula is C22H19FN8. The molecule has 0 atom stereocenters.